The molecule has 8 nitrogen and oxygen atoms in total. The summed E-state index contributed by atoms with van der Waals surface area (Å²) in [4.78, 5) is 23.8. The van der Waals surface area contributed by atoms with Gasteiger partial charge in [0.15, 0.2) is 0 Å². The smallest absolute Gasteiger partial charge is 0.328 e. The third-order valence-corrected chi connectivity index (χ3v) is 4.30. The Morgan fingerprint density at radius 2 is 1.68 bits per heavy atom. The van der Waals surface area contributed by atoms with Crippen LogP contribution in [0.25, 0.3) is 0 Å². The van der Waals surface area contributed by atoms with Crippen molar-refractivity contribution in [2.24, 2.45) is 5.92 Å². The molecule has 0 saturated heterocycles. The van der Waals surface area contributed by atoms with Gasteiger partial charge >= 0.3 is 5.97 Å². The van der Waals surface area contributed by atoms with Crippen molar-refractivity contribution in [3.8, 4) is 5.75 Å². The van der Waals surface area contributed by atoms with Gasteiger partial charge in [-0.1, -0.05) is 26.0 Å². The Labute approximate surface area is 164 Å². The number of nitrogens with zero attached hydrogens (tertiary/aromatic N) is 2. The average molecular weight is 389 g/mol. The van der Waals surface area contributed by atoms with Crippen LogP contribution in [0, 0.1) is 5.92 Å². The fourth-order valence-corrected chi connectivity index (χ4v) is 2.62. The van der Waals surface area contributed by atoms with E-state index >= 15 is 0 Å². The van der Waals surface area contributed by atoms with E-state index in [9.17, 15) is 9.59 Å². The highest BCUT2D eigenvalue weighted by Crippen LogP contribution is 2.13. The first-order valence-corrected chi connectivity index (χ1v) is 9.24. The van der Waals surface area contributed by atoms with Crippen molar-refractivity contribution in [1.82, 2.24) is 15.5 Å². The van der Waals surface area contributed by atoms with Gasteiger partial charge in [-0.3, -0.25) is 4.79 Å². The number of methoxy groups -OCH3 is 2. The van der Waals surface area contributed by atoms with Gasteiger partial charge in [-0.2, -0.15) is 0 Å². The Morgan fingerprint density at radius 3 is 2.25 bits per heavy atom. The zero-order valence-electron chi connectivity index (χ0n) is 16.7. The average Bonchev–Trinajstić information content (AvgIpc) is 3.16. The lowest BCUT2D eigenvalue weighted by molar-refractivity contribution is -0.146. The molecular formula is C20H27N3O5. The summed E-state index contributed by atoms with van der Waals surface area (Å²) < 4.78 is 15.5. The molecule has 0 aliphatic rings. The second-order valence-corrected chi connectivity index (χ2v) is 6.75. The lowest BCUT2D eigenvalue weighted by atomic mass is 10.0. The van der Waals surface area contributed by atoms with Crippen LogP contribution in [0.4, 0.5) is 0 Å². The standard InChI is InChI=1S/C20H27N3O5/c1-13(2)19(20(25)27-4)21-16(24)10-12-18-23-22-17(28-18)11-7-14-5-8-15(26-3)9-6-14/h5-6,8-9,13,19H,7,10-12H2,1-4H3,(H,21,24)/t19-/m0/s1. The third-order valence-electron chi connectivity index (χ3n) is 4.30. The zero-order chi connectivity index (χ0) is 20.5. The van der Waals surface area contributed by atoms with Crippen LogP contribution in [-0.2, 0) is 33.6 Å². The predicted molar refractivity (Wildman–Crippen MR) is 102 cm³/mol. The van der Waals surface area contributed by atoms with E-state index in [1.165, 1.54) is 7.11 Å². The van der Waals surface area contributed by atoms with Gasteiger partial charge in [0.1, 0.15) is 11.8 Å². The normalized spacial score (nSPS) is 11.9. The van der Waals surface area contributed by atoms with Crippen molar-refractivity contribution >= 4 is 11.9 Å². The van der Waals surface area contributed by atoms with Crippen LogP contribution < -0.4 is 10.1 Å². The van der Waals surface area contributed by atoms with Crippen LogP contribution in [0.15, 0.2) is 28.7 Å². The van der Waals surface area contributed by atoms with Crippen molar-refractivity contribution < 1.29 is 23.5 Å². The molecule has 0 aliphatic heterocycles. The lowest BCUT2D eigenvalue weighted by Crippen LogP contribution is -2.45. The van der Waals surface area contributed by atoms with E-state index in [2.05, 4.69) is 15.5 Å². The Morgan fingerprint density at radius 1 is 1.04 bits per heavy atom. The first-order chi connectivity index (χ1) is 13.4. The minimum absolute atomic E-state index is 0.0654. The maximum atomic E-state index is 12.1. The number of hydrogen-bond donors (Lipinski definition) is 1. The fraction of sp³-hybridized carbons (Fsp3) is 0.500. The van der Waals surface area contributed by atoms with Crippen LogP contribution >= 0.6 is 0 Å². The summed E-state index contributed by atoms with van der Waals surface area (Å²) in [5, 5.41) is 10.7. The van der Waals surface area contributed by atoms with Crippen LogP contribution in [-0.4, -0.2) is 42.3 Å². The SMILES string of the molecule is COC(=O)[C@@H](NC(=O)CCc1nnc(CCc2ccc(OC)cc2)o1)C(C)C. The molecule has 0 saturated carbocycles. The minimum Gasteiger partial charge on any atom is -0.497 e. The molecule has 1 N–H and O–H groups in total. The van der Waals surface area contributed by atoms with Crippen molar-refractivity contribution in [2.75, 3.05) is 14.2 Å². The highest BCUT2D eigenvalue weighted by atomic mass is 16.5. The number of esters is 1. The highest BCUT2D eigenvalue weighted by molar-refractivity contribution is 5.84. The zero-order valence-corrected chi connectivity index (χ0v) is 16.7. The highest BCUT2D eigenvalue weighted by Gasteiger charge is 2.24. The number of hydrogen-bond acceptors (Lipinski definition) is 7. The van der Waals surface area contributed by atoms with Crippen LogP contribution in [0.5, 0.6) is 5.75 Å². The molecule has 1 aromatic heterocycles. The summed E-state index contributed by atoms with van der Waals surface area (Å²) in [6.07, 6.45) is 1.85. The van der Waals surface area contributed by atoms with Crippen LogP contribution in [0.2, 0.25) is 0 Å². The Balaban J connectivity index is 1.80. The number of benzene rings is 1. The largest absolute Gasteiger partial charge is 0.497 e. The molecule has 0 radical (unpaired) electrons. The molecule has 1 heterocycles. The number of amides is 1. The summed E-state index contributed by atoms with van der Waals surface area (Å²) in [6, 6.07) is 7.14. The molecule has 0 fully saturated rings. The second-order valence-electron chi connectivity index (χ2n) is 6.75. The van der Waals surface area contributed by atoms with Gasteiger partial charge in [-0.25, -0.2) is 4.79 Å². The summed E-state index contributed by atoms with van der Waals surface area (Å²) >= 11 is 0. The summed E-state index contributed by atoms with van der Waals surface area (Å²) in [5.41, 5.74) is 1.14. The molecular weight excluding hydrogens is 362 g/mol. The summed E-state index contributed by atoms with van der Waals surface area (Å²) in [6.45, 7) is 3.68. The van der Waals surface area contributed by atoms with E-state index in [0.29, 0.717) is 24.6 Å². The number of aryl methyl sites for hydroxylation is 3. The summed E-state index contributed by atoms with van der Waals surface area (Å²) in [5.74, 6) is 0.960. The van der Waals surface area contributed by atoms with E-state index in [0.717, 1.165) is 17.7 Å². The quantitative estimate of drug-likeness (QED) is 0.621. The molecule has 28 heavy (non-hydrogen) atoms. The molecule has 0 unspecified atom stereocenters. The second kappa shape index (κ2) is 10.4. The topological polar surface area (TPSA) is 104 Å². The van der Waals surface area contributed by atoms with Crippen molar-refractivity contribution in [1.29, 1.82) is 0 Å². The molecule has 1 atom stereocenters. The van der Waals surface area contributed by atoms with Gasteiger partial charge in [-0.15, -0.1) is 10.2 Å². The Hall–Kier alpha value is -2.90. The maximum absolute atomic E-state index is 12.1. The molecule has 1 amide bonds. The molecule has 2 rings (SSSR count). The van der Waals surface area contributed by atoms with Crippen molar-refractivity contribution in [3.63, 3.8) is 0 Å². The molecule has 2 aromatic rings. The van der Waals surface area contributed by atoms with Crippen LogP contribution in [0.1, 0.15) is 37.6 Å². The van der Waals surface area contributed by atoms with E-state index in [-0.39, 0.29) is 18.2 Å². The maximum Gasteiger partial charge on any atom is 0.328 e. The Bertz CT molecular complexity index is 770. The van der Waals surface area contributed by atoms with E-state index in [1.54, 1.807) is 7.11 Å². The minimum atomic E-state index is -0.666. The first-order valence-electron chi connectivity index (χ1n) is 9.24. The predicted octanol–water partition coefficient (Wildman–Crippen LogP) is 2.11. The van der Waals surface area contributed by atoms with E-state index < -0.39 is 12.0 Å². The van der Waals surface area contributed by atoms with Gasteiger partial charge in [0, 0.05) is 19.3 Å². The molecule has 1 aromatic carbocycles. The number of aromatic nitrogens is 2. The number of carbonyl (C=O) groups is 2. The van der Waals surface area contributed by atoms with Crippen LogP contribution in [0.3, 0.4) is 0 Å². The molecule has 152 valence electrons. The molecule has 0 aliphatic carbocycles. The molecule has 0 spiro atoms. The van der Waals surface area contributed by atoms with Gasteiger partial charge in [0.05, 0.1) is 14.2 Å². The Kier molecular flexibility index (Phi) is 7.98. The van der Waals surface area contributed by atoms with Gasteiger partial charge in [-0.05, 0) is 30.0 Å². The third kappa shape index (κ3) is 6.37. The van der Waals surface area contributed by atoms with Crippen molar-refractivity contribution in [3.05, 3.63) is 41.6 Å². The van der Waals surface area contributed by atoms with Gasteiger partial charge in [0.25, 0.3) is 0 Å². The number of ether oxygens (including phenoxy) is 2. The molecule has 8 heteroatoms. The van der Waals surface area contributed by atoms with Gasteiger partial charge < -0.3 is 19.2 Å². The van der Waals surface area contributed by atoms with Crippen molar-refractivity contribution in [2.45, 2.75) is 45.6 Å². The van der Waals surface area contributed by atoms with E-state index in [1.807, 2.05) is 38.1 Å². The number of rotatable bonds is 10. The number of carbonyl (C=O) groups excluding carboxylic acids is 2. The fourth-order valence-electron chi connectivity index (χ4n) is 2.62. The monoisotopic (exact) mass is 389 g/mol. The summed E-state index contributed by atoms with van der Waals surface area (Å²) in [7, 11) is 2.93. The first kappa shape index (κ1) is 21.4. The van der Waals surface area contributed by atoms with E-state index in [4.69, 9.17) is 13.9 Å². The van der Waals surface area contributed by atoms with Gasteiger partial charge in [0.2, 0.25) is 17.7 Å². The number of nitrogens with one attached hydrogen (secondary N) is 1. The molecule has 0 bridgehead atoms. The lowest BCUT2D eigenvalue weighted by Gasteiger charge is -2.19.